The van der Waals surface area contributed by atoms with Gasteiger partial charge in [-0.25, -0.2) is 0 Å². The van der Waals surface area contributed by atoms with E-state index in [1.165, 1.54) is 16.7 Å². The van der Waals surface area contributed by atoms with Crippen molar-refractivity contribution in [3.8, 4) is 5.75 Å². The van der Waals surface area contributed by atoms with Crippen molar-refractivity contribution in [2.45, 2.75) is 45.4 Å². The van der Waals surface area contributed by atoms with E-state index in [1.807, 2.05) is 30.3 Å². The van der Waals surface area contributed by atoms with Crippen molar-refractivity contribution >= 4 is 0 Å². The Bertz CT molecular complexity index is 698. The zero-order valence-corrected chi connectivity index (χ0v) is 16.4. The van der Waals surface area contributed by atoms with Crippen LogP contribution in [-0.2, 0) is 11.3 Å². The van der Waals surface area contributed by atoms with Crippen molar-refractivity contribution < 1.29 is 14.6 Å². The van der Waals surface area contributed by atoms with Gasteiger partial charge in [0.1, 0.15) is 18.5 Å². The molecule has 1 saturated heterocycles. The van der Waals surface area contributed by atoms with Gasteiger partial charge in [0.25, 0.3) is 0 Å². The fraction of sp³-hybridized carbons (Fsp3) is 0.478. The molecule has 1 aliphatic rings. The van der Waals surface area contributed by atoms with E-state index in [0.717, 1.165) is 38.3 Å². The summed E-state index contributed by atoms with van der Waals surface area (Å²) in [5.74, 6) is 0.789. The third kappa shape index (κ3) is 6.35. The SMILES string of the molecule is Cc1ccc(CN(C[C@H](O)COc2ccccc2)C[C@H]2CCCO2)c(C)c1. The van der Waals surface area contributed by atoms with Crippen LogP contribution in [0.15, 0.2) is 48.5 Å². The first-order valence-electron chi connectivity index (χ1n) is 9.86. The van der Waals surface area contributed by atoms with E-state index in [2.05, 4.69) is 36.9 Å². The summed E-state index contributed by atoms with van der Waals surface area (Å²) in [6.45, 7) is 7.64. The van der Waals surface area contributed by atoms with Crippen molar-refractivity contribution in [2.75, 3.05) is 26.3 Å². The number of para-hydroxylation sites is 1. The average molecular weight is 370 g/mol. The third-order valence-corrected chi connectivity index (χ3v) is 5.03. The van der Waals surface area contributed by atoms with Gasteiger partial charge in [-0.3, -0.25) is 4.90 Å². The lowest BCUT2D eigenvalue weighted by molar-refractivity contribution is 0.0313. The highest BCUT2D eigenvalue weighted by atomic mass is 16.5. The quantitative estimate of drug-likeness (QED) is 0.731. The van der Waals surface area contributed by atoms with E-state index < -0.39 is 6.10 Å². The molecule has 1 fully saturated rings. The van der Waals surface area contributed by atoms with Gasteiger partial charge in [-0.1, -0.05) is 42.0 Å². The number of aliphatic hydroxyl groups excluding tert-OH is 1. The number of aryl methyl sites for hydroxylation is 2. The first-order chi connectivity index (χ1) is 13.1. The molecule has 0 amide bonds. The topological polar surface area (TPSA) is 41.9 Å². The maximum absolute atomic E-state index is 10.5. The molecule has 0 unspecified atom stereocenters. The minimum Gasteiger partial charge on any atom is -0.491 e. The maximum Gasteiger partial charge on any atom is 0.119 e. The number of rotatable bonds is 9. The molecule has 4 nitrogen and oxygen atoms in total. The van der Waals surface area contributed by atoms with Crippen molar-refractivity contribution in [3.63, 3.8) is 0 Å². The molecule has 3 rings (SSSR count). The molecule has 1 aliphatic heterocycles. The van der Waals surface area contributed by atoms with E-state index in [9.17, 15) is 5.11 Å². The van der Waals surface area contributed by atoms with Crippen LogP contribution in [0.25, 0.3) is 0 Å². The highest BCUT2D eigenvalue weighted by Gasteiger charge is 2.22. The predicted octanol–water partition coefficient (Wildman–Crippen LogP) is 3.72. The summed E-state index contributed by atoms with van der Waals surface area (Å²) in [7, 11) is 0. The van der Waals surface area contributed by atoms with Gasteiger partial charge in [0, 0.05) is 26.2 Å². The third-order valence-electron chi connectivity index (χ3n) is 5.03. The van der Waals surface area contributed by atoms with Crippen LogP contribution in [-0.4, -0.2) is 48.5 Å². The molecule has 0 spiro atoms. The van der Waals surface area contributed by atoms with Crippen LogP contribution in [0.5, 0.6) is 5.75 Å². The zero-order valence-electron chi connectivity index (χ0n) is 16.4. The minimum absolute atomic E-state index is 0.262. The lowest BCUT2D eigenvalue weighted by Crippen LogP contribution is -2.39. The summed E-state index contributed by atoms with van der Waals surface area (Å²) in [5, 5.41) is 10.5. The van der Waals surface area contributed by atoms with Crippen LogP contribution in [0.2, 0.25) is 0 Å². The summed E-state index contributed by atoms with van der Waals surface area (Å²) in [6.07, 6.45) is 1.94. The van der Waals surface area contributed by atoms with Gasteiger partial charge in [-0.05, 0) is 49.9 Å². The highest BCUT2D eigenvalue weighted by Crippen LogP contribution is 2.18. The fourth-order valence-corrected chi connectivity index (χ4v) is 3.60. The highest BCUT2D eigenvalue weighted by molar-refractivity contribution is 5.30. The van der Waals surface area contributed by atoms with Crippen LogP contribution in [0.3, 0.4) is 0 Å². The Morgan fingerprint density at radius 1 is 1.19 bits per heavy atom. The van der Waals surface area contributed by atoms with Gasteiger partial charge >= 0.3 is 0 Å². The molecule has 2 aromatic rings. The second-order valence-corrected chi connectivity index (χ2v) is 7.54. The van der Waals surface area contributed by atoms with E-state index in [4.69, 9.17) is 9.47 Å². The molecule has 1 heterocycles. The first-order valence-corrected chi connectivity index (χ1v) is 9.86. The van der Waals surface area contributed by atoms with Crippen LogP contribution in [0, 0.1) is 13.8 Å². The molecule has 146 valence electrons. The molecule has 0 aromatic heterocycles. The Hall–Kier alpha value is -1.88. The van der Waals surface area contributed by atoms with Crippen LogP contribution in [0.1, 0.15) is 29.5 Å². The number of aliphatic hydroxyl groups is 1. The predicted molar refractivity (Wildman–Crippen MR) is 108 cm³/mol. The molecular weight excluding hydrogens is 338 g/mol. The molecule has 0 aliphatic carbocycles. The fourth-order valence-electron chi connectivity index (χ4n) is 3.60. The van der Waals surface area contributed by atoms with E-state index in [0.29, 0.717) is 13.2 Å². The Balaban J connectivity index is 1.59. The molecular formula is C23H31NO3. The summed E-state index contributed by atoms with van der Waals surface area (Å²) >= 11 is 0. The molecule has 1 N–H and O–H groups in total. The molecule has 2 aromatic carbocycles. The van der Waals surface area contributed by atoms with Gasteiger partial charge in [-0.2, -0.15) is 0 Å². The second-order valence-electron chi connectivity index (χ2n) is 7.54. The Morgan fingerprint density at radius 2 is 2.00 bits per heavy atom. The molecule has 27 heavy (non-hydrogen) atoms. The molecule has 4 heteroatoms. The molecule has 0 saturated carbocycles. The number of ether oxygens (including phenoxy) is 2. The van der Waals surface area contributed by atoms with Crippen LogP contribution in [0.4, 0.5) is 0 Å². The molecule has 0 radical (unpaired) electrons. The van der Waals surface area contributed by atoms with Gasteiger partial charge in [0.05, 0.1) is 6.10 Å². The lowest BCUT2D eigenvalue weighted by Gasteiger charge is -2.28. The Kier molecular flexibility index (Phi) is 7.27. The first kappa shape index (κ1) is 19.9. The number of benzene rings is 2. The Labute approximate surface area is 162 Å². The van der Waals surface area contributed by atoms with Crippen LogP contribution >= 0.6 is 0 Å². The van der Waals surface area contributed by atoms with Crippen molar-refractivity contribution in [3.05, 3.63) is 65.2 Å². The van der Waals surface area contributed by atoms with E-state index >= 15 is 0 Å². The minimum atomic E-state index is -0.544. The number of nitrogens with zero attached hydrogens (tertiary/aromatic N) is 1. The monoisotopic (exact) mass is 369 g/mol. The van der Waals surface area contributed by atoms with Crippen LogP contribution < -0.4 is 4.74 Å². The van der Waals surface area contributed by atoms with Gasteiger partial charge < -0.3 is 14.6 Å². The van der Waals surface area contributed by atoms with Crippen molar-refractivity contribution in [1.29, 1.82) is 0 Å². The van der Waals surface area contributed by atoms with Gasteiger partial charge in [0.2, 0.25) is 0 Å². The zero-order chi connectivity index (χ0) is 19.1. The maximum atomic E-state index is 10.5. The van der Waals surface area contributed by atoms with E-state index in [-0.39, 0.29) is 6.10 Å². The number of hydrogen-bond donors (Lipinski definition) is 1. The van der Waals surface area contributed by atoms with Crippen molar-refractivity contribution in [2.24, 2.45) is 0 Å². The standard InChI is InChI=1S/C23H31NO3/c1-18-10-11-20(19(2)13-18)14-24(16-23-9-6-12-26-23)15-21(25)17-27-22-7-4-3-5-8-22/h3-5,7-8,10-11,13,21,23,25H,6,9,12,14-17H2,1-2H3/t21-,23+/m0/s1. The molecule has 0 bridgehead atoms. The summed E-state index contributed by atoms with van der Waals surface area (Å²) < 4.78 is 11.5. The molecule has 2 atom stereocenters. The van der Waals surface area contributed by atoms with E-state index in [1.54, 1.807) is 0 Å². The largest absolute Gasteiger partial charge is 0.491 e. The normalized spacial score (nSPS) is 18.0. The number of hydrogen-bond acceptors (Lipinski definition) is 4. The average Bonchev–Trinajstić information content (AvgIpc) is 3.16. The van der Waals surface area contributed by atoms with Gasteiger partial charge in [-0.15, -0.1) is 0 Å². The smallest absolute Gasteiger partial charge is 0.119 e. The van der Waals surface area contributed by atoms with Crippen molar-refractivity contribution in [1.82, 2.24) is 4.90 Å². The summed E-state index contributed by atoms with van der Waals surface area (Å²) in [4.78, 5) is 2.30. The lowest BCUT2D eigenvalue weighted by atomic mass is 10.0. The Morgan fingerprint density at radius 3 is 2.70 bits per heavy atom. The second kappa shape index (κ2) is 9.88. The van der Waals surface area contributed by atoms with Gasteiger partial charge in [0.15, 0.2) is 0 Å². The summed E-state index contributed by atoms with van der Waals surface area (Å²) in [5.41, 5.74) is 3.87. The summed E-state index contributed by atoms with van der Waals surface area (Å²) in [6, 6.07) is 16.2.